The summed E-state index contributed by atoms with van der Waals surface area (Å²) >= 11 is 5.65. The number of nitrogens with one attached hydrogen (secondary N) is 2. The van der Waals surface area contributed by atoms with E-state index in [1.54, 1.807) is 6.92 Å². The van der Waals surface area contributed by atoms with Crippen molar-refractivity contribution < 1.29 is 19.6 Å². The average molecular weight is 316 g/mol. The number of nitrogens with zero attached hydrogens (tertiary/aromatic N) is 1. The number of nitro benzene ring substituents is 1. The second kappa shape index (κ2) is 7.55. The first kappa shape index (κ1) is 16.9. The normalized spacial score (nSPS) is 11.7. The lowest BCUT2D eigenvalue weighted by Gasteiger charge is -2.13. The molecule has 114 valence electrons. The number of benzene rings is 1. The number of carboxylic acid groups (broad SMARTS) is 1. The van der Waals surface area contributed by atoms with Gasteiger partial charge in [0.05, 0.1) is 11.3 Å². The fourth-order valence-electron chi connectivity index (χ4n) is 1.62. The Bertz CT molecular complexity index is 564. The number of nitro groups is 1. The molecular weight excluding hydrogens is 302 g/mol. The highest BCUT2D eigenvalue weighted by atomic mass is 35.5. The Balaban J connectivity index is 2.77. The van der Waals surface area contributed by atoms with Crippen LogP contribution in [0.1, 0.15) is 13.3 Å². The Morgan fingerprint density at radius 1 is 1.48 bits per heavy atom. The van der Waals surface area contributed by atoms with E-state index in [1.165, 1.54) is 12.1 Å². The monoisotopic (exact) mass is 315 g/mol. The molecule has 21 heavy (non-hydrogen) atoms. The van der Waals surface area contributed by atoms with Crippen molar-refractivity contribution in [2.24, 2.45) is 0 Å². The number of hydrogen-bond donors (Lipinski definition) is 3. The van der Waals surface area contributed by atoms with Crippen molar-refractivity contribution in [2.75, 3.05) is 11.9 Å². The van der Waals surface area contributed by atoms with Crippen molar-refractivity contribution in [3.8, 4) is 0 Å². The Hall–Kier alpha value is -2.19. The standard InChI is InChI=1S/C12H14ClN3O5/c1-2-14-9(12(18)19)6-11(17)15-7-3-4-8(13)10(5-7)16(20)21/h3-5,9,14H,2,6H2,1H3,(H,15,17)(H,18,19). The van der Waals surface area contributed by atoms with Crippen LogP contribution in [-0.2, 0) is 9.59 Å². The maximum atomic E-state index is 11.8. The van der Waals surface area contributed by atoms with E-state index in [1.807, 2.05) is 0 Å². The lowest BCUT2D eigenvalue weighted by atomic mass is 10.2. The molecule has 3 N–H and O–H groups in total. The number of carbonyl (C=O) groups is 2. The van der Waals surface area contributed by atoms with Crippen LogP contribution in [0, 0.1) is 10.1 Å². The molecule has 0 fully saturated rings. The summed E-state index contributed by atoms with van der Waals surface area (Å²) in [4.78, 5) is 32.7. The largest absolute Gasteiger partial charge is 0.480 e. The van der Waals surface area contributed by atoms with Gasteiger partial charge in [-0.3, -0.25) is 19.7 Å². The second-order valence-electron chi connectivity index (χ2n) is 4.12. The maximum absolute atomic E-state index is 11.8. The third kappa shape index (κ3) is 5.01. The molecule has 9 heteroatoms. The van der Waals surface area contributed by atoms with E-state index in [0.29, 0.717) is 6.54 Å². The molecule has 1 aromatic carbocycles. The maximum Gasteiger partial charge on any atom is 0.321 e. The summed E-state index contributed by atoms with van der Waals surface area (Å²) in [6.07, 6.45) is -0.292. The highest BCUT2D eigenvalue weighted by Gasteiger charge is 2.20. The van der Waals surface area contributed by atoms with E-state index in [0.717, 1.165) is 6.07 Å². The minimum atomic E-state index is -1.14. The quantitative estimate of drug-likeness (QED) is 0.519. The lowest BCUT2D eigenvalue weighted by Crippen LogP contribution is -2.39. The molecule has 1 aromatic rings. The van der Waals surface area contributed by atoms with Crippen molar-refractivity contribution in [1.82, 2.24) is 5.32 Å². The van der Waals surface area contributed by atoms with Gasteiger partial charge in [-0.1, -0.05) is 18.5 Å². The van der Waals surface area contributed by atoms with Crippen LogP contribution in [0.4, 0.5) is 11.4 Å². The Kier molecular flexibility index (Phi) is 6.07. The van der Waals surface area contributed by atoms with Crippen molar-refractivity contribution in [3.63, 3.8) is 0 Å². The molecule has 0 saturated carbocycles. The number of halogens is 1. The van der Waals surface area contributed by atoms with Crippen molar-refractivity contribution >= 4 is 34.9 Å². The highest BCUT2D eigenvalue weighted by molar-refractivity contribution is 6.32. The molecule has 0 saturated heterocycles. The molecule has 0 radical (unpaired) electrons. The van der Waals surface area contributed by atoms with Crippen LogP contribution in [0.25, 0.3) is 0 Å². The van der Waals surface area contributed by atoms with Gasteiger partial charge in [-0.15, -0.1) is 0 Å². The molecule has 0 aromatic heterocycles. The van der Waals surface area contributed by atoms with Gasteiger partial charge in [0.2, 0.25) is 5.91 Å². The number of anilines is 1. The summed E-state index contributed by atoms with van der Waals surface area (Å²) in [7, 11) is 0. The van der Waals surface area contributed by atoms with Gasteiger partial charge in [0.15, 0.2) is 0 Å². The zero-order valence-corrected chi connectivity index (χ0v) is 11.9. The van der Waals surface area contributed by atoms with Crippen molar-refractivity contribution in [3.05, 3.63) is 33.3 Å². The van der Waals surface area contributed by atoms with Crippen LogP contribution in [-0.4, -0.2) is 34.5 Å². The van der Waals surface area contributed by atoms with Crippen molar-refractivity contribution in [2.45, 2.75) is 19.4 Å². The molecule has 8 nitrogen and oxygen atoms in total. The molecule has 0 heterocycles. The van der Waals surface area contributed by atoms with Crippen molar-refractivity contribution in [1.29, 1.82) is 0 Å². The molecule has 0 aliphatic rings. The predicted molar refractivity (Wildman–Crippen MR) is 76.5 cm³/mol. The minimum Gasteiger partial charge on any atom is -0.480 e. The fourth-order valence-corrected chi connectivity index (χ4v) is 1.81. The van der Waals surface area contributed by atoms with Gasteiger partial charge in [-0.2, -0.15) is 0 Å². The van der Waals surface area contributed by atoms with Gasteiger partial charge in [0.25, 0.3) is 5.69 Å². The summed E-state index contributed by atoms with van der Waals surface area (Å²) < 4.78 is 0. The topological polar surface area (TPSA) is 122 Å². The summed E-state index contributed by atoms with van der Waals surface area (Å²) in [5, 5.41) is 24.7. The number of likely N-dealkylation sites (N-methyl/N-ethyl adjacent to an activating group) is 1. The van der Waals surface area contributed by atoms with E-state index in [4.69, 9.17) is 16.7 Å². The Morgan fingerprint density at radius 3 is 2.67 bits per heavy atom. The second-order valence-corrected chi connectivity index (χ2v) is 4.53. The van der Waals surface area contributed by atoms with E-state index >= 15 is 0 Å². The number of carboxylic acids is 1. The molecular formula is C12H14ClN3O5. The average Bonchev–Trinajstić information content (AvgIpc) is 2.40. The minimum absolute atomic E-state index is 0.0472. The molecule has 1 atom stereocenters. The van der Waals surface area contributed by atoms with Crippen LogP contribution in [0.2, 0.25) is 5.02 Å². The number of rotatable bonds is 7. The predicted octanol–water partition coefficient (Wildman–Crippen LogP) is 1.64. The Morgan fingerprint density at radius 2 is 2.14 bits per heavy atom. The first-order valence-electron chi connectivity index (χ1n) is 6.05. The summed E-state index contributed by atoms with van der Waals surface area (Å²) in [6, 6.07) is 2.78. The molecule has 1 amide bonds. The van der Waals surface area contributed by atoms with Crippen LogP contribution in [0.15, 0.2) is 18.2 Å². The first-order valence-corrected chi connectivity index (χ1v) is 6.43. The van der Waals surface area contributed by atoms with Gasteiger partial charge >= 0.3 is 5.97 Å². The summed E-state index contributed by atoms with van der Waals surface area (Å²) in [6.45, 7) is 2.12. The van der Waals surface area contributed by atoms with Crippen LogP contribution < -0.4 is 10.6 Å². The van der Waals surface area contributed by atoms with E-state index < -0.39 is 22.8 Å². The van der Waals surface area contributed by atoms with Gasteiger partial charge in [0.1, 0.15) is 11.1 Å². The van der Waals surface area contributed by atoms with E-state index in [-0.39, 0.29) is 22.8 Å². The van der Waals surface area contributed by atoms with E-state index in [2.05, 4.69) is 10.6 Å². The number of carbonyl (C=O) groups excluding carboxylic acids is 1. The van der Waals surface area contributed by atoms with E-state index in [9.17, 15) is 19.7 Å². The molecule has 0 spiro atoms. The lowest BCUT2D eigenvalue weighted by molar-refractivity contribution is -0.384. The van der Waals surface area contributed by atoms with Crippen LogP contribution >= 0.6 is 11.6 Å². The third-order valence-corrected chi connectivity index (χ3v) is 2.88. The molecule has 1 unspecified atom stereocenters. The van der Waals surface area contributed by atoms with Gasteiger partial charge in [0, 0.05) is 11.8 Å². The number of amides is 1. The zero-order valence-electron chi connectivity index (χ0n) is 11.1. The van der Waals surface area contributed by atoms with Crippen LogP contribution in [0.5, 0.6) is 0 Å². The van der Waals surface area contributed by atoms with Crippen LogP contribution in [0.3, 0.4) is 0 Å². The molecule has 0 aliphatic carbocycles. The zero-order chi connectivity index (χ0) is 16.0. The summed E-state index contributed by atoms with van der Waals surface area (Å²) in [5.41, 5.74) is -0.160. The number of hydrogen-bond acceptors (Lipinski definition) is 5. The van der Waals surface area contributed by atoms with Gasteiger partial charge in [-0.25, -0.2) is 0 Å². The Labute approximate surface area is 125 Å². The number of aliphatic carboxylic acids is 1. The van der Waals surface area contributed by atoms with Gasteiger partial charge in [-0.05, 0) is 18.7 Å². The molecule has 0 aliphatic heterocycles. The first-order chi connectivity index (χ1) is 9.85. The fraction of sp³-hybridized carbons (Fsp3) is 0.333. The SMILES string of the molecule is CCNC(CC(=O)Nc1ccc(Cl)c([N+](=O)[O-])c1)C(=O)O. The molecule has 1 rings (SSSR count). The smallest absolute Gasteiger partial charge is 0.321 e. The highest BCUT2D eigenvalue weighted by Crippen LogP contribution is 2.27. The third-order valence-electron chi connectivity index (χ3n) is 2.56. The summed E-state index contributed by atoms with van der Waals surface area (Å²) in [5.74, 6) is -1.71. The van der Waals surface area contributed by atoms with Gasteiger partial charge < -0.3 is 15.7 Å². The molecule has 0 bridgehead atoms.